The first-order valence-electron chi connectivity index (χ1n) is 8.79. The molecule has 0 bridgehead atoms. The van der Waals surface area contributed by atoms with E-state index in [1.54, 1.807) is 23.3 Å². The molecule has 2 heterocycles. The molecule has 1 amide bonds. The van der Waals surface area contributed by atoms with E-state index in [4.69, 9.17) is 9.47 Å². The zero-order valence-electron chi connectivity index (χ0n) is 15.1. The molecule has 0 fully saturated rings. The quantitative estimate of drug-likeness (QED) is 0.650. The Balaban J connectivity index is 1.64. The summed E-state index contributed by atoms with van der Waals surface area (Å²) in [7, 11) is 1.69. The first-order valence-corrected chi connectivity index (χ1v) is 9.67. The van der Waals surface area contributed by atoms with Crippen LogP contribution in [0, 0.1) is 0 Å². The molecule has 1 aromatic heterocycles. The van der Waals surface area contributed by atoms with Crippen LogP contribution in [0.3, 0.4) is 0 Å². The summed E-state index contributed by atoms with van der Waals surface area (Å²) in [5.74, 6) is 0.687. The van der Waals surface area contributed by atoms with Crippen LogP contribution in [0.25, 0.3) is 11.3 Å². The summed E-state index contributed by atoms with van der Waals surface area (Å²) < 4.78 is 10.8. The maximum atomic E-state index is 12.5. The lowest BCUT2D eigenvalue weighted by atomic mass is 10.1. The van der Waals surface area contributed by atoms with Crippen LogP contribution in [0.5, 0.6) is 5.75 Å². The van der Waals surface area contributed by atoms with E-state index in [-0.39, 0.29) is 12.5 Å². The van der Waals surface area contributed by atoms with Gasteiger partial charge in [0.05, 0.1) is 29.5 Å². The van der Waals surface area contributed by atoms with Crippen LogP contribution in [0.15, 0.2) is 53.9 Å². The van der Waals surface area contributed by atoms with E-state index in [9.17, 15) is 4.79 Å². The summed E-state index contributed by atoms with van der Waals surface area (Å²) in [4.78, 5) is 19.0. The van der Waals surface area contributed by atoms with Crippen LogP contribution in [-0.4, -0.2) is 31.2 Å². The van der Waals surface area contributed by atoms with Crippen molar-refractivity contribution >= 4 is 22.9 Å². The van der Waals surface area contributed by atoms with Gasteiger partial charge in [0.25, 0.3) is 5.91 Å². The van der Waals surface area contributed by atoms with E-state index in [0.29, 0.717) is 13.2 Å². The molecule has 1 aliphatic heterocycles. The lowest BCUT2D eigenvalue weighted by Gasteiger charge is -2.29. The Kier molecular flexibility index (Phi) is 5.18. The topological polar surface area (TPSA) is 51.7 Å². The number of benzene rings is 2. The first kappa shape index (κ1) is 17.7. The highest BCUT2D eigenvalue weighted by atomic mass is 32.1. The number of hydrogen-bond acceptors (Lipinski definition) is 5. The highest BCUT2D eigenvalue weighted by Gasteiger charge is 2.26. The normalized spacial score (nSPS) is 13.4. The van der Waals surface area contributed by atoms with E-state index < -0.39 is 0 Å². The van der Waals surface area contributed by atoms with Crippen molar-refractivity contribution in [1.82, 2.24) is 4.98 Å². The molecule has 3 aromatic rings. The second-order valence-electron chi connectivity index (χ2n) is 6.31. The molecule has 4 rings (SSSR count). The van der Waals surface area contributed by atoms with Gasteiger partial charge in [0.1, 0.15) is 5.75 Å². The Bertz CT molecular complexity index is 940. The van der Waals surface area contributed by atoms with Crippen molar-refractivity contribution in [1.29, 1.82) is 0 Å². The van der Waals surface area contributed by atoms with Gasteiger partial charge in [-0.15, -0.1) is 11.3 Å². The van der Waals surface area contributed by atoms with Crippen molar-refractivity contribution < 1.29 is 14.3 Å². The molecular formula is C21H20N2O3S. The van der Waals surface area contributed by atoms with Crippen molar-refractivity contribution in [2.45, 2.75) is 13.0 Å². The summed E-state index contributed by atoms with van der Waals surface area (Å²) in [5.41, 5.74) is 3.76. The molecule has 0 saturated heterocycles. The van der Waals surface area contributed by atoms with Crippen LogP contribution in [0.2, 0.25) is 0 Å². The predicted octanol–water partition coefficient (Wildman–Crippen LogP) is 3.92. The van der Waals surface area contributed by atoms with Gasteiger partial charge in [-0.25, -0.2) is 4.98 Å². The summed E-state index contributed by atoms with van der Waals surface area (Å²) in [5, 5.41) is 3.08. The monoisotopic (exact) mass is 380 g/mol. The third-order valence-corrected chi connectivity index (χ3v) is 5.36. The number of methoxy groups -OCH3 is 1. The Morgan fingerprint density at radius 2 is 2.07 bits per heavy atom. The van der Waals surface area contributed by atoms with E-state index in [2.05, 4.69) is 4.98 Å². The molecule has 0 spiro atoms. The summed E-state index contributed by atoms with van der Waals surface area (Å²) in [6, 6.07) is 15.9. The summed E-state index contributed by atoms with van der Waals surface area (Å²) in [6.07, 6.45) is 0.799. The van der Waals surface area contributed by atoms with Crippen molar-refractivity contribution in [2.24, 2.45) is 0 Å². The SMILES string of the molecule is COCCc1nc(-c2ccc3c(c2)N(Cc2ccccc2)C(=O)CO3)cs1. The lowest BCUT2D eigenvalue weighted by molar-refractivity contribution is -0.121. The molecule has 2 aromatic carbocycles. The fourth-order valence-corrected chi connectivity index (χ4v) is 3.84. The molecular weight excluding hydrogens is 360 g/mol. The van der Waals surface area contributed by atoms with Crippen LogP contribution in [0.4, 0.5) is 5.69 Å². The fraction of sp³-hybridized carbons (Fsp3) is 0.238. The number of aromatic nitrogens is 1. The van der Waals surface area contributed by atoms with Crippen molar-refractivity contribution in [3.05, 3.63) is 64.5 Å². The number of amides is 1. The fourth-order valence-electron chi connectivity index (χ4n) is 3.05. The number of ether oxygens (including phenoxy) is 2. The minimum Gasteiger partial charge on any atom is -0.482 e. The summed E-state index contributed by atoms with van der Waals surface area (Å²) >= 11 is 1.62. The molecule has 0 saturated carbocycles. The molecule has 138 valence electrons. The Morgan fingerprint density at radius 1 is 1.22 bits per heavy atom. The van der Waals surface area contributed by atoms with Gasteiger partial charge in [-0.1, -0.05) is 30.3 Å². The number of nitrogens with zero attached hydrogens (tertiary/aromatic N) is 2. The molecule has 6 heteroatoms. The third-order valence-electron chi connectivity index (χ3n) is 4.45. The number of fused-ring (bicyclic) bond motifs is 1. The maximum Gasteiger partial charge on any atom is 0.265 e. The molecule has 1 aliphatic rings. The number of carbonyl (C=O) groups is 1. The average molecular weight is 380 g/mol. The second-order valence-corrected chi connectivity index (χ2v) is 7.25. The van der Waals surface area contributed by atoms with Crippen molar-refractivity contribution in [2.75, 3.05) is 25.2 Å². The highest BCUT2D eigenvalue weighted by Crippen LogP contribution is 2.37. The van der Waals surface area contributed by atoms with E-state index in [0.717, 1.165) is 39.7 Å². The van der Waals surface area contributed by atoms with Gasteiger partial charge in [-0.3, -0.25) is 4.79 Å². The maximum absolute atomic E-state index is 12.5. The van der Waals surface area contributed by atoms with Crippen molar-refractivity contribution in [3.8, 4) is 17.0 Å². The number of rotatable bonds is 6. The first-order chi connectivity index (χ1) is 13.2. The van der Waals surface area contributed by atoms with E-state index >= 15 is 0 Å². The van der Waals surface area contributed by atoms with Crippen LogP contribution >= 0.6 is 11.3 Å². The van der Waals surface area contributed by atoms with Crippen LogP contribution in [-0.2, 0) is 22.5 Å². The minimum atomic E-state index is -0.0393. The minimum absolute atomic E-state index is 0.0393. The molecule has 5 nitrogen and oxygen atoms in total. The molecule has 0 N–H and O–H groups in total. The smallest absolute Gasteiger partial charge is 0.265 e. The highest BCUT2D eigenvalue weighted by molar-refractivity contribution is 7.09. The van der Waals surface area contributed by atoms with E-state index in [1.807, 2.05) is 53.9 Å². The molecule has 0 atom stereocenters. The Morgan fingerprint density at radius 3 is 2.89 bits per heavy atom. The van der Waals surface area contributed by atoms with E-state index in [1.165, 1.54) is 0 Å². The third kappa shape index (κ3) is 3.86. The second kappa shape index (κ2) is 7.90. The predicted molar refractivity (Wildman–Crippen MR) is 106 cm³/mol. The van der Waals surface area contributed by atoms with Gasteiger partial charge in [-0.2, -0.15) is 0 Å². The largest absolute Gasteiger partial charge is 0.482 e. The Labute approximate surface area is 162 Å². The molecule has 0 aliphatic carbocycles. The van der Waals surface area contributed by atoms with Gasteiger partial charge in [0.15, 0.2) is 6.61 Å². The Hall–Kier alpha value is -2.70. The van der Waals surface area contributed by atoms with Gasteiger partial charge >= 0.3 is 0 Å². The zero-order valence-corrected chi connectivity index (χ0v) is 15.9. The molecule has 27 heavy (non-hydrogen) atoms. The summed E-state index contributed by atoms with van der Waals surface area (Å²) in [6.45, 7) is 1.25. The van der Waals surface area contributed by atoms with Crippen LogP contribution in [0.1, 0.15) is 10.6 Å². The number of hydrogen-bond donors (Lipinski definition) is 0. The lowest BCUT2D eigenvalue weighted by Crippen LogP contribution is -2.38. The molecule has 0 unspecified atom stereocenters. The van der Waals surface area contributed by atoms with Gasteiger partial charge in [-0.05, 0) is 23.8 Å². The van der Waals surface area contributed by atoms with Crippen molar-refractivity contribution in [3.63, 3.8) is 0 Å². The molecule has 0 radical (unpaired) electrons. The zero-order chi connectivity index (χ0) is 18.6. The average Bonchev–Trinajstić information content (AvgIpc) is 3.18. The number of thiazole rings is 1. The number of anilines is 1. The van der Waals surface area contributed by atoms with Crippen LogP contribution < -0.4 is 9.64 Å². The standard InChI is InChI=1S/C21H20N2O3S/c1-25-10-9-20-22-17(14-27-20)16-7-8-19-18(11-16)23(21(24)13-26-19)12-15-5-3-2-4-6-15/h2-8,11,14H,9-10,12-13H2,1H3. The van der Waals surface area contributed by atoms with Gasteiger partial charge in [0, 0.05) is 24.5 Å². The number of carbonyl (C=O) groups excluding carboxylic acids is 1. The van der Waals surface area contributed by atoms with Gasteiger partial charge < -0.3 is 14.4 Å². The van der Waals surface area contributed by atoms with Gasteiger partial charge in [0.2, 0.25) is 0 Å².